The quantitative estimate of drug-likeness (QED) is 0.897. The molecule has 2 N–H and O–H groups in total. The molecule has 1 saturated heterocycles. The number of hydrogen-bond donors (Lipinski definition) is 2. The van der Waals surface area contributed by atoms with E-state index in [9.17, 15) is 14.7 Å². The molecule has 21 heavy (non-hydrogen) atoms. The van der Waals surface area contributed by atoms with E-state index in [2.05, 4.69) is 19.2 Å². The zero-order valence-corrected chi connectivity index (χ0v) is 12.7. The Morgan fingerprint density at radius 1 is 1.38 bits per heavy atom. The van der Waals surface area contributed by atoms with E-state index in [4.69, 9.17) is 0 Å². The summed E-state index contributed by atoms with van der Waals surface area (Å²) in [5, 5.41) is 12.1. The number of nitrogens with zero attached hydrogens (tertiary/aromatic N) is 1. The second kappa shape index (κ2) is 6.16. The average Bonchev–Trinajstić information content (AvgIpc) is 2.87. The Hall–Kier alpha value is -2.04. The van der Waals surface area contributed by atoms with Gasteiger partial charge in [-0.05, 0) is 37.3 Å². The Morgan fingerprint density at radius 3 is 2.71 bits per heavy atom. The fourth-order valence-corrected chi connectivity index (χ4v) is 2.98. The first-order valence-corrected chi connectivity index (χ1v) is 7.32. The molecule has 1 aromatic carbocycles. The number of carboxylic acids is 1. The third-order valence-electron chi connectivity index (χ3n) is 4.06. The van der Waals surface area contributed by atoms with Crippen LogP contribution in [0.3, 0.4) is 0 Å². The van der Waals surface area contributed by atoms with Crippen molar-refractivity contribution in [2.75, 3.05) is 11.9 Å². The third-order valence-corrected chi connectivity index (χ3v) is 4.06. The van der Waals surface area contributed by atoms with Crippen molar-refractivity contribution in [3.05, 3.63) is 29.3 Å². The van der Waals surface area contributed by atoms with E-state index in [-0.39, 0.29) is 17.6 Å². The molecule has 0 radical (unpaired) electrons. The van der Waals surface area contributed by atoms with Crippen LogP contribution in [-0.2, 0) is 0 Å². The molecule has 1 heterocycles. The molecule has 2 rings (SSSR count). The molecule has 5 nitrogen and oxygen atoms in total. The standard InChI is InChI=1S/C16H22N2O3/c1-10(2)13-8-5-9-18(13)16(21)17-12-7-4-6-11(3)14(12)15(19)20/h4,6-7,10,13H,5,8-9H2,1-3H3,(H,17,21)(H,19,20). The first-order valence-electron chi connectivity index (χ1n) is 7.32. The normalized spacial score (nSPS) is 18.1. The lowest BCUT2D eigenvalue weighted by atomic mass is 10.0. The van der Waals surface area contributed by atoms with Gasteiger partial charge in [-0.1, -0.05) is 26.0 Å². The van der Waals surface area contributed by atoms with Crippen molar-refractivity contribution in [1.29, 1.82) is 0 Å². The molecule has 1 aliphatic heterocycles. The lowest BCUT2D eigenvalue weighted by Crippen LogP contribution is -2.41. The minimum absolute atomic E-state index is 0.158. The minimum Gasteiger partial charge on any atom is -0.478 e. The van der Waals surface area contributed by atoms with Crippen LogP contribution in [0.1, 0.15) is 42.6 Å². The van der Waals surface area contributed by atoms with Crippen LogP contribution in [0, 0.1) is 12.8 Å². The zero-order valence-electron chi connectivity index (χ0n) is 12.7. The predicted octanol–water partition coefficient (Wildman–Crippen LogP) is 3.35. The van der Waals surface area contributed by atoms with Crippen molar-refractivity contribution >= 4 is 17.7 Å². The number of rotatable bonds is 3. The zero-order chi connectivity index (χ0) is 15.6. The second-order valence-corrected chi connectivity index (χ2v) is 5.88. The molecule has 2 amide bonds. The van der Waals surface area contributed by atoms with Crippen LogP contribution in [0.5, 0.6) is 0 Å². The van der Waals surface area contributed by atoms with Gasteiger partial charge in [0.15, 0.2) is 0 Å². The Morgan fingerprint density at radius 2 is 2.10 bits per heavy atom. The Kier molecular flexibility index (Phi) is 4.50. The molecular weight excluding hydrogens is 268 g/mol. The molecule has 0 spiro atoms. The van der Waals surface area contributed by atoms with Crippen LogP contribution in [0.2, 0.25) is 0 Å². The van der Waals surface area contributed by atoms with Gasteiger partial charge < -0.3 is 15.3 Å². The molecule has 1 fully saturated rings. The van der Waals surface area contributed by atoms with Crippen molar-refractivity contribution < 1.29 is 14.7 Å². The first-order chi connectivity index (χ1) is 9.91. The van der Waals surface area contributed by atoms with Crippen LogP contribution in [-0.4, -0.2) is 34.6 Å². The summed E-state index contributed by atoms with van der Waals surface area (Å²) in [6.07, 6.45) is 2.00. The third kappa shape index (κ3) is 3.17. The summed E-state index contributed by atoms with van der Waals surface area (Å²) in [5.41, 5.74) is 1.16. The van der Waals surface area contributed by atoms with Crippen LogP contribution in [0.15, 0.2) is 18.2 Å². The number of aromatic carboxylic acids is 1. The van der Waals surface area contributed by atoms with Gasteiger partial charge in [-0.3, -0.25) is 0 Å². The largest absolute Gasteiger partial charge is 0.478 e. The van der Waals surface area contributed by atoms with E-state index in [0.717, 1.165) is 19.4 Å². The van der Waals surface area contributed by atoms with Crippen LogP contribution in [0.4, 0.5) is 10.5 Å². The summed E-state index contributed by atoms with van der Waals surface area (Å²) < 4.78 is 0. The number of anilines is 1. The van der Waals surface area contributed by atoms with Gasteiger partial charge in [0.25, 0.3) is 0 Å². The predicted molar refractivity (Wildman–Crippen MR) is 81.7 cm³/mol. The molecule has 1 unspecified atom stereocenters. The molecule has 1 aromatic rings. The number of amides is 2. The second-order valence-electron chi connectivity index (χ2n) is 5.88. The molecule has 0 aromatic heterocycles. The highest BCUT2D eigenvalue weighted by Crippen LogP contribution is 2.26. The number of hydrogen-bond acceptors (Lipinski definition) is 2. The number of carbonyl (C=O) groups excluding carboxylic acids is 1. The van der Waals surface area contributed by atoms with Gasteiger partial charge in [0, 0.05) is 12.6 Å². The number of benzene rings is 1. The Balaban J connectivity index is 2.21. The number of nitrogens with one attached hydrogen (secondary N) is 1. The lowest BCUT2D eigenvalue weighted by Gasteiger charge is -2.28. The van der Waals surface area contributed by atoms with E-state index in [0.29, 0.717) is 17.2 Å². The van der Waals surface area contributed by atoms with E-state index >= 15 is 0 Å². The van der Waals surface area contributed by atoms with Crippen LogP contribution in [0.25, 0.3) is 0 Å². The van der Waals surface area contributed by atoms with Gasteiger partial charge in [0.2, 0.25) is 0 Å². The van der Waals surface area contributed by atoms with E-state index in [1.807, 2.05) is 4.90 Å². The van der Waals surface area contributed by atoms with Gasteiger partial charge in [-0.15, -0.1) is 0 Å². The number of carboxylic acid groups (broad SMARTS) is 1. The van der Waals surface area contributed by atoms with E-state index in [1.54, 1.807) is 25.1 Å². The summed E-state index contributed by atoms with van der Waals surface area (Å²) in [6, 6.07) is 5.13. The fourth-order valence-electron chi connectivity index (χ4n) is 2.98. The maximum absolute atomic E-state index is 12.4. The molecule has 1 atom stereocenters. The van der Waals surface area contributed by atoms with Crippen molar-refractivity contribution in [3.63, 3.8) is 0 Å². The molecule has 1 aliphatic rings. The van der Waals surface area contributed by atoms with Crippen LogP contribution >= 0.6 is 0 Å². The fraction of sp³-hybridized carbons (Fsp3) is 0.500. The molecule has 5 heteroatoms. The molecular formula is C16H22N2O3. The monoisotopic (exact) mass is 290 g/mol. The number of aryl methyl sites for hydroxylation is 1. The Labute approximate surface area is 125 Å². The summed E-state index contributed by atoms with van der Waals surface area (Å²) in [5.74, 6) is -0.625. The number of urea groups is 1. The maximum atomic E-state index is 12.4. The van der Waals surface area contributed by atoms with E-state index < -0.39 is 5.97 Å². The molecule has 0 aliphatic carbocycles. The van der Waals surface area contributed by atoms with Gasteiger partial charge in [0.05, 0.1) is 11.3 Å². The smallest absolute Gasteiger partial charge is 0.338 e. The van der Waals surface area contributed by atoms with Crippen molar-refractivity contribution in [2.45, 2.75) is 39.7 Å². The summed E-state index contributed by atoms with van der Waals surface area (Å²) in [7, 11) is 0. The van der Waals surface area contributed by atoms with Gasteiger partial charge >= 0.3 is 12.0 Å². The highest BCUT2D eigenvalue weighted by molar-refractivity contribution is 6.01. The number of carbonyl (C=O) groups is 2. The highest BCUT2D eigenvalue weighted by atomic mass is 16.4. The molecule has 0 bridgehead atoms. The van der Waals surface area contributed by atoms with Crippen molar-refractivity contribution in [1.82, 2.24) is 4.90 Å². The SMILES string of the molecule is Cc1cccc(NC(=O)N2CCCC2C(C)C)c1C(=O)O. The van der Waals surface area contributed by atoms with Gasteiger partial charge in [-0.25, -0.2) is 9.59 Å². The van der Waals surface area contributed by atoms with Gasteiger partial charge in [0.1, 0.15) is 0 Å². The highest BCUT2D eigenvalue weighted by Gasteiger charge is 2.31. The summed E-state index contributed by atoms with van der Waals surface area (Å²) in [6.45, 7) is 6.66. The first kappa shape index (κ1) is 15.4. The molecule has 0 saturated carbocycles. The topological polar surface area (TPSA) is 69.6 Å². The van der Waals surface area contributed by atoms with Crippen molar-refractivity contribution in [2.24, 2.45) is 5.92 Å². The summed E-state index contributed by atoms with van der Waals surface area (Å²) in [4.78, 5) is 25.6. The lowest BCUT2D eigenvalue weighted by molar-refractivity contribution is 0.0697. The minimum atomic E-state index is -1.02. The van der Waals surface area contributed by atoms with Crippen molar-refractivity contribution in [3.8, 4) is 0 Å². The van der Waals surface area contributed by atoms with E-state index in [1.165, 1.54) is 0 Å². The number of likely N-dealkylation sites (tertiary alicyclic amines) is 1. The maximum Gasteiger partial charge on any atom is 0.338 e. The Bertz CT molecular complexity index is 554. The average molecular weight is 290 g/mol. The van der Waals surface area contributed by atoms with Crippen LogP contribution < -0.4 is 5.32 Å². The van der Waals surface area contributed by atoms with Gasteiger partial charge in [-0.2, -0.15) is 0 Å². The summed E-state index contributed by atoms with van der Waals surface area (Å²) >= 11 is 0. The molecule has 114 valence electrons.